The molecule has 6 nitrogen and oxygen atoms in total. The molecule has 0 aliphatic rings. The predicted octanol–water partition coefficient (Wildman–Crippen LogP) is 2.77. The zero-order valence-electron chi connectivity index (χ0n) is 11.6. The van der Waals surface area contributed by atoms with Crippen molar-refractivity contribution in [1.82, 2.24) is 4.98 Å². The largest absolute Gasteiger partial charge is 0.369 e. The fourth-order valence-electron chi connectivity index (χ4n) is 2.56. The lowest BCUT2D eigenvalue weighted by Crippen LogP contribution is -2.14. The van der Waals surface area contributed by atoms with Crippen molar-refractivity contribution in [3.05, 3.63) is 64.2 Å². The molecule has 0 saturated carbocycles. The van der Waals surface area contributed by atoms with Gasteiger partial charge in [0, 0.05) is 23.0 Å². The van der Waals surface area contributed by atoms with Gasteiger partial charge in [0.1, 0.15) is 0 Å². The maximum Gasteiger partial charge on any atom is 0.270 e. The Kier molecular flexibility index (Phi) is 3.34. The molecule has 0 unspecified atom stereocenters. The molecule has 110 valence electrons. The number of benzene rings is 2. The smallest absolute Gasteiger partial charge is 0.270 e. The first kappa shape index (κ1) is 13.8. The molecule has 0 aliphatic heterocycles. The number of carbonyl (C=O) groups is 1. The van der Waals surface area contributed by atoms with E-state index >= 15 is 0 Å². The Hall–Kier alpha value is -3.15. The van der Waals surface area contributed by atoms with Gasteiger partial charge in [-0.1, -0.05) is 30.3 Å². The summed E-state index contributed by atoms with van der Waals surface area (Å²) in [6.45, 7) is 0. The first-order chi connectivity index (χ1) is 10.6. The van der Waals surface area contributed by atoms with Gasteiger partial charge in [0.15, 0.2) is 0 Å². The molecular weight excluding hydrogens is 282 g/mol. The number of hydrogen-bond donors (Lipinski definition) is 2. The molecule has 0 fully saturated rings. The van der Waals surface area contributed by atoms with E-state index in [-0.39, 0.29) is 12.1 Å². The summed E-state index contributed by atoms with van der Waals surface area (Å²) >= 11 is 0. The Balaban J connectivity index is 2.27. The minimum Gasteiger partial charge on any atom is -0.369 e. The highest BCUT2D eigenvalue weighted by Crippen LogP contribution is 2.32. The van der Waals surface area contributed by atoms with E-state index in [0.29, 0.717) is 10.9 Å². The van der Waals surface area contributed by atoms with Crippen molar-refractivity contribution in [2.24, 2.45) is 5.73 Å². The lowest BCUT2D eigenvalue weighted by atomic mass is 10.0. The number of amides is 1. The van der Waals surface area contributed by atoms with Crippen LogP contribution >= 0.6 is 0 Å². The van der Waals surface area contributed by atoms with Crippen LogP contribution in [0.2, 0.25) is 0 Å². The molecule has 0 spiro atoms. The molecule has 0 atom stereocenters. The van der Waals surface area contributed by atoms with Crippen molar-refractivity contribution in [1.29, 1.82) is 0 Å². The van der Waals surface area contributed by atoms with Crippen LogP contribution in [0.5, 0.6) is 0 Å². The average molecular weight is 295 g/mol. The van der Waals surface area contributed by atoms with Gasteiger partial charge in [-0.25, -0.2) is 0 Å². The van der Waals surface area contributed by atoms with Crippen molar-refractivity contribution >= 4 is 22.5 Å². The van der Waals surface area contributed by atoms with E-state index in [1.807, 2.05) is 30.3 Å². The second-order valence-corrected chi connectivity index (χ2v) is 4.97. The number of non-ortho nitro benzene ring substituents is 1. The van der Waals surface area contributed by atoms with Crippen LogP contribution in [0.1, 0.15) is 5.56 Å². The maximum atomic E-state index is 11.4. The fraction of sp³-hybridized carbons (Fsp3) is 0.0625. The molecule has 0 radical (unpaired) electrons. The minimum atomic E-state index is -0.482. The third-order valence-electron chi connectivity index (χ3n) is 3.51. The number of nitro benzene ring substituents is 1. The Morgan fingerprint density at radius 3 is 2.55 bits per heavy atom. The van der Waals surface area contributed by atoms with Crippen LogP contribution in [0, 0.1) is 10.1 Å². The first-order valence-electron chi connectivity index (χ1n) is 6.69. The van der Waals surface area contributed by atoms with Gasteiger partial charge in [-0.05, 0) is 17.2 Å². The Bertz CT molecular complexity index is 869. The Labute approximate surface area is 125 Å². The number of aromatic amines is 1. The number of hydrogen-bond acceptors (Lipinski definition) is 3. The van der Waals surface area contributed by atoms with Crippen molar-refractivity contribution in [2.45, 2.75) is 6.42 Å². The molecule has 3 aromatic rings. The maximum absolute atomic E-state index is 11.4. The zero-order chi connectivity index (χ0) is 15.7. The third-order valence-corrected chi connectivity index (χ3v) is 3.51. The normalized spacial score (nSPS) is 10.7. The molecule has 0 bridgehead atoms. The lowest BCUT2D eigenvalue weighted by Gasteiger charge is -2.03. The predicted molar refractivity (Wildman–Crippen MR) is 83.3 cm³/mol. The van der Waals surface area contributed by atoms with Gasteiger partial charge in [0.25, 0.3) is 5.69 Å². The van der Waals surface area contributed by atoms with E-state index in [2.05, 4.69) is 4.98 Å². The monoisotopic (exact) mass is 295 g/mol. The van der Waals surface area contributed by atoms with Crippen molar-refractivity contribution in [2.75, 3.05) is 0 Å². The van der Waals surface area contributed by atoms with Gasteiger partial charge in [0.2, 0.25) is 5.91 Å². The highest BCUT2D eigenvalue weighted by Gasteiger charge is 2.17. The lowest BCUT2D eigenvalue weighted by molar-refractivity contribution is -0.384. The second-order valence-electron chi connectivity index (χ2n) is 4.97. The summed E-state index contributed by atoms with van der Waals surface area (Å²) in [5, 5.41) is 11.6. The van der Waals surface area contributed by atoms with E-state index in [0.717, 1.165) is 16.8 Å². The van der Waals surface area contributed by atoms with E-state index in [4.69, 9.17) is 5.73 Å². The number of nitrogens with zero attached hydrogens (tertiary/aromatic N) is 1. The number of primary amides is 1. The third kappa shape index (κ3) is 2.42. The van der Waals surface area contributed by atoms with E-state index in [1.165, 1.54) is 12.1 Å². The molecular formula is C16H13N3O3. The number of carbonyl (C=O) groups excluding carboxylic acids is 1. The highest BCUT2D eigenvalue weighted by atomic mass is 16.6. The molecule has 6 heteroatoms. The average Bonchev–Trinajstić information content (AvgIpc) is 2.85. The number of nitro groups is 1. The number of aromatic nitrogens is 1. The number of rotatable bonds is 4. The number of nitrogens with two attached hydrogens (primary N) is 1. The van der Waals surface area contributed by atoms with Gasteiger partial charge in [-0.2, -0.15) is 0 Å². The number of nitrogens with one attached hydrogen (secondary N) is 1. The van der Waals surface area contributed by atoms with Crippen LogP contribution in [-0.4, -0.2) is 15.8 Å². The quantitative estimate of drug-likeness (QED) is 0.571. The highest BCUT2D eigenvalue weighted by molar-refractivity contribution is 5.95. The van der Waals surface area contributed by atoms with Gasteiger partial charge in [0.05, 0.1) is 17.0 Å². The van der Waals surface area contributed by atoms with E-state index < -0.39 is 10.8 Å². The van der Waals surface area contributed by atoms with Crippen molar-refractivity contribution in [3.63, 3.8) is 0 Å². The molecule has 2 aromatic carbocycles. The summed E-state index contributed by atoms with van der Waals surface area (Å²) in [6, 6.07) is 14.0. The Morgan fingerprint density at radius 2 is 1.91 bits per heavy atom. The topological polar surface area (TPSA) is 102 Å². The van der Waals surface area contributed by atoms with E-state index in [1.54, 1.807) is 6.07 Å². The van der Waals surface area contributed by atoms with Crippen LogP contribution < -0.4 is 5.73 Å². The number of H-pyrrole nitrogens is 1. The molecule has 1 amide bonds. The zero-order valence-corrected chi connectivity index (χ0v) is 11.6. The van der Waals surface area contributed by atoms with E-state index in [9.17, 15) is 14.9 Å². The molecule has 1 aromatic heterocycles. The fourth-order valence-corrected chi connectivity index (χ4v) is 2.56. The molecule has 3 rings (SSSR count). The van der Waals surface area contributed by atoms with Gasteiger partial charge < -0.3 is 10.7 Å². The van der Waals surface area contributed by atoms with Crippen LogP contribution in [0.25, 0.3) is 22.2 Å². The van der Waals surface area contributed by atoms with Crippen molar-refractivity contribution in [3.8, 4) is 11.3 Å². The SMILES string of the molecule is NC(=O)Cc1c(-c2ccccc2)[nH]c2ccc([N+](=O)[O-])cc12. The Morgan fingerprint density at radius 1 is 1.18 bits per heavy atom. The summed E-state index contributed by atoms with van der Waals surface area (Å²) in [5.41, 5.74) is 8.39. The standard InChI is InChI=1S/C16H13N3O3/c17-15(20)9-13-12-8-11(19(21)22)6-7-14(12)18-16(13)10-4-2-1-3-5-10/h1-8,18H,9H2,(H2,17,20). The van der Waals surface area contributed by atoms with Crippen LogP contribution in [0.15, 0.2) is 48.5 Å². The number of fused-ring (bicyclic) bond motifs is 1. The summed E-state index contributed by atoms with van der Waals surface area (Å²) in [6.07, 6.45) is 0.0192. The van der Waals surface area contributed by atoms with Gasteiger partial charge in [-0.15, -0.1) is 0 Å². The second kappa shape index (κ2) is 5.33. The summed E-state index contributed by atoms with van der Waals surface area (Å²) < 4.78 is 0. The minimum absolute atomic E-state index is 0.0168. The first-order valence-corrected chi connectivity index (χ1v) is 6.69. The van der Waals surface area contributed by atoms with Crippen molar-refractivity contribution < 1.29 is 9.72 Å². The van der Waals surface area contributed by atoms with Crippen LogP contribution in [-0.2, 0) is 11.2 Å². The summed E-state index contributed by atoms with van der Waals surface area (Å²) in [5.74, 6) is -0.482. The summed E-state index contributed by atoms with van der Waals surface area (Å²) in [4.78, 5) is 25.1. The molecule has 0 saturated heterocycles. The van der Waals surface area contributed by atoms with Gasteiger partial charge >= 0.3 is 0 Å². The molecule has 3 N–H and O–H groups in total. The van der Waals surface area contributed by atoms with Gasteiger partial charge in [-0.3, -0.25) is 14.9 Å². The summed E-state index contributed by atoms with van der Waals surface area (Å²) in [7, 11) is 0. The molecule has 22 heavy (non-hydrogen) atoms. The van der Waals surface area contributed by atoms with Crippen LogP contribution in [0.4, 0.5) is 5.69 Å². The molecule has 1 heterocycles. The van der Waals surface area contributed by atoms with Crippen LogP contribution in [0.3, 0.4) is 0 Å². The molecule has 0 aliphatic carbocycles.